The van der Waals surface area contributed by atoms with Crippen molar-refractivity contribution in [2.45, 2.75) is 12.5 Å². The summed E-state index contributed by atoms with van der Waals surface area (Å²) in [6.07, 6.45) is 3.06. The highest BCUT2D eigenvalue weighted by atomic mass is 35.5. The molecule has 0 spiro atoms. The third-order valence-corrected chi connectivity index (χ3v) is 3.86. The molecule has 3 rings (SSSR count). The van der Waals surface area contributed by atoms with Gasteiger partial charge < -0.3 is 5.11 Å². The standard InChI is InChI=1S/C17H13ClFNO/c18-16-9-13(19)5-4-12(16)8-17(21)14-3-1-2-11-6-7-20-10-15(11)14/h1-7,9-10,17,21H,8H2. The second-order valence-corrected chi connectivity index (χ2v) is 5.31. The van der Waals surface area contributed by atoms with Gasteiger partial charge in [0.1, 0.15) is 5.82 Å². The maximum absolute atomic E-state index is 13.1. The van der Waals surface area contributed by atoms with Crippen LogP contribution in [0.4, 0.5) is 4.39 Å². The Kier molecular flexibility index (Phi) is 3.86. The van der Waals surface area contributed by atoms with Crippen molar-refractivity contribution in [3.63, 3.8) is 0 Å². The molecule has 0 bridgehead atoms. The van der Waals surface area contributed by atoms with Crippen LogP contribution in [-0.2, 0) is 6.42 Å². The zero-order chi connectivity index (χ0) is 14.8. The fourth-order valence-electron chi connectivity index (χ4n) is 2.43. The van der Waals surface area contributed by atoms with Crippen molar-refractivity contribution < 1.29 is 9.50 Å². The minimum Gasteiger partial charge on any atom is -0.388 e. The number of aromatic nitrogens is 1. The quantitative estimate of drug-likeness (QED) is 0.782. The maximum Gasteiger partial charge on any atom is 0.124 e. The fraction of sp³-hybridized carbons (Fsp3) is 0.118. The van der Waals surface area contributed by atoms with E-state index in [1.165, 1.54) is 12.1 Å². The molecule has 0 amide bonds. The highest BCUT2D eigenvalue weighted by molar-refractivity contribution is 6.31. The Hall–Kier alpha value is -1.97. The number of hydrogen-bond acceptors (Lipinski definition) is 2. The van der Waals surface area contributed by atoms with Gasteiger partial charge in [0, 0.05) is 29.2 Å². The number of pyridine rings is 1. The average molecular weight is 302 g/mol. The monoisotopic (exact) mass is 301 g/mol. The number of rotatable bonds is 3. The highest BCUT2D eigenvalue weighted by Gasteiger charge is 2.14. The van der Waals surface area contributed by atoms with Gasteiger partial charge in [0.05, 0.1) is 6.10 Å². The van der Waals surface area contributed by atoms with Gasteiger partial charge in [-0.25, -0.2) is 4.39 Å². The predicted molar refractivity (Wildman–Crippen MR) is 81.8 cm³/mol. The van der Waals surface area contributed by atoms with E-state index in [0.717, 1.165) is 16.3 Å². The molecular weight excluding hydrogens is 289 g/mol. The second-order valence-electron chi connectivity index (χ2n) is 4.90. The third kappa shape index (κ3) is 2.89. The summed E-state index contributed by atoms with van der Waals surface area (Å²) in [6, 6.07) is 11.8. The molecule has 0 aliphatic rings. The van der Waals surface area contributed by atoms with E-state index in [-0.39, 0.29) is 5.82 Å². The molecule has 21 heavy (non-hydrogen) atoms. The Balaban J connectivity index is 1.95. The molecule has 1 heterocycles. The summed E-state index contributed by atoms with van der Waals surface area (Å²) in [5.41, 5.74) is 1.51. The van der Waals surface area contributed by atoms with Gasteiger partial charge in [0.2, 0.25) is 0 Å². The minimum atomic E-state index is -0.721. The van der Waals surface area contributed by atoms with Crippen molar-refractivity contribution in [2.75, 3.05) is 0 Å². The van der Waals surface area contributed by atoms with Gasteiger partial charge in [-0.15, -0.1) is 0 Å². The van der Waals surface area contributed by atoms with Gasteiger partial charge in [-0.1, -0.05) is 35.9 Å². The normalized spacial score (nSPS) is 12.5. The molecule has 1 atom stereocenters. The molecule has 3 aromatic rings. The molecule has 0 saturated carbocycles. The lowest BCUT2D eigenvalue weighted by molar-refractivity contribution is 0.180. The van der Waals surface area contributed by atoms with Crippen molar-refractivity contribution >= 4 is 22.4 Å². The van der Waals surface area contributed by atoms with E-state index in [1.54, 1.807) is 18.5 Å². The molecule has 1 aromatic heterocycles. The van der Waals surface area contributed by atoms with E-state index in [0.29, 0.717) is 17.0 Å². The molecule has 0 aliphatic heterocycles. The zero-order valence-corrected chi connectivity index (χ0v) is 11.9. The van der Waals surface area contributed by atoms with Crippen LogP contribution in [-0.4, -0.2) is 10.1 Å². The number of fused-ring (bicyclic) bond motifs is 1. The summed E-state index contributed by atoms with van der Waals surface area (Å²) in [5.74, 6) is -0.382. The smallest absolute Gasteiger partial charge is 0.124 e. The molecule has 0 fully saturated rings. The lowest BCUT2D eigenvalue weighted by Gasteiger charge is -2.14. The van der Waals surface area contributed by atoms with Crippen molar-refractivity contribution in [3.05, 3.63) is 76.8 Å². The van der Waals surface area contributed by atoms with Crippen LogP contribution >= 0.6 is 11.6 Å². The number of hydrogen-bond donors (Lipinski definition) is 1. The summed E-state index contributed by atoms with van der Waals surface area (Å²) in [4.78, 5) is 4.11. The second kappa shape index (κ2) is 5.80. The van der Waals surface area contributed by atoms with E-state index in [4.69, 9.17) is 11.6 Å². The Bertz CT molecular complexity index is 785. The Morgan fingerprint density at radius 1 is 1.19 bits per heavy atom. The zero-order valence-electron chi connectivity index (χ0n) is 11.1. The van der Waals surface area contributed by atoms with Gasteiger partial charge >= 0.3 is 0 Å². The van der Waals surface area contributed by atoms with Crippen LogP contribution in [0, 0.1) is 5.82 Å². The van der Waals surface area contributed by atoms with Crippen LogP contribution in [0.5, 0.6) is 0 Å². The number of halogens is 2. The lowest BCUT2D eigenvalue weighted by Crippen LogP contribution is -2.03. The molecule has 0 saturated heterocycles. The van der Waals surface area contributed by atoms with E-state index in [2.05, 4.69) is 4.98 Å². The highest BCUT2D eigenvalue weighted by Crippen LogP contribution is 2.28. The SMILES string of the molecule is OC(Cc1ccc(F)cc1Cl)c1cccc2ccncc12. The van der Waals surface area contributed by atoms with E-state index in [9.17, 15) is 9.50 Å². The summed E-state index contributed by atoms with van der Waals surface area (Å²) < 4.78 is 13.1. The molecule has 0 radical (unpaired) electrons. The van der Waals surface area contributed by atoms with E-state index >= 15 is 0 Å². The molecule has 4 heteroatoms. The van der Waals surface area contributed by atoms with Gasteiger partial charge in [0.25, 0.3) is 0 Å². The van der Waals surface area contributed by atoms with Crippen LogP contribution in [0.2, 0.25) is 5.02 Å². The first-order valence-electron chi connectivity index (χ1n) is 6.60. The van der Waals surface area contributed by atoms with Crippen molar-refractivity contribution in [3.8, 4) is 0 Å². The van der Waals surface area contributed by atoms with Crippen LogP contribution in [0.15, 0.2) is 54.9 Å². The topological polar surface area (TPSA) is 33.1 Å². The van der Waals surface area contributed by atoms with E-state index in [1.807, 2.05) is 24.3 Å². The first-order chi connectivity index (χ1) is 10.1. The molecule has 2 aromatic carbocycles. The van der Waals surface area contributed by atoms with Crippen molar-refractivity contribution in [2.24, 2.45) is 0 Å². The molecule has 1 unspecified atom stereocenters. The molecule has 106 valence electrons. The van der Waals surface area contributed by atoms with Crippen LogP contribution < -0.4 is 0 Å². The van der Waals surface area contributed by atoms with E-state index < -0.39 is 6.10 Å². The summed E-state index contributed by atoms with van der Waals surface area (Å²) in [7, 11) is 0. The maximum atomic E-state index is 13.1. The largest absolute Gasteiger partial charge is 0.388 e. The predicted octanol–water partition coefficient (Wildman–Crippen LogP) is 4.30. The lowest BCUT2D eigenvalue weighted by atomic mass is 9.97. The van der Waals surface area contributed by atoms with Crippen LogP contribution in [0.1, 0.15) is 17.2 Å². The minimum absolute atomic E-state index is 0.326. The summed E-state index contributed by atoms with van der Waals surface area (Å²) >= 11 is 6.02. The van der Waals surface area contributed by atoms with Gasteiger partial charge in [0.15, 0.2) is 0 Å². The first kappa shape index (κ1) is 14.0. The fourth-order valence-corrected chi connectivity index (χ4v) is 2.68. The molecule has 0 aliphatic carbocycles. The number of benzene rings is 2. The number of nitrogens with zero attached hydrogens (tertiary/aromatic N) is 1. The summed E-state index contributed by atoms with van der Waals surface area (Å²) in [5, 5.41) is 12.7. The van der Waals surface area contributed by atoms with Crippen LogP contribution in [0.3, 0.4) is 0 Å². The van der Waals surface area contributed by atoms with Crippen molar-refractivity contribution in [1.29, 1.82) is 0 Å². The van der Waals surface area contributed by atoms with Crippen LogP contribution in [0.25, 0.3) is 10.8 Å². The Morgan fingerprint density at radius 3 is 2.86 bits per heavy atom. The van der Waals surface area contributed by atoms with Gasteiger partial charge in [-0.05, 0) is 34.7 Å². The Labute approximate surface area is 126 Å². The molecule has 2 nitrogen and oxygen atoms in total. The average Bonchev–Trinajstić information content (AvgIpc) is 2.49. The van der Waals surface area contributed by atoms with Gasteiger partial charge in [-0.2, -0.15) is 0 Å². The Morgan fingerprint density at radius 2 is 2.05 bits per heavy atom. The van der Waals surface area contributed by atoms with Crippen molar-refractivity contribution in [1.82, 2.24) is 4.98 Å². The molecular formula is C17H13ClFNO. The first-order valence-corrected chi connectivity index (χ1v) is 6.97. The van der Waals surface area contributed by atoms with Gasteiger partial charge in [-0.3, -0.25) is 4.98 Å². The number of aliphatic hydroxyl groups excluding tert-OH is 1. The summed E-state index contributed by atoms with van der Waals surface area (Å²) in [6.45, 7) is 0. The molecule has 1 N–H and O–H groups in total. The number of aliphatic hydroxyl groups is 1. The third-order valence-electron chi connectivity index (χ3n) is 3.50.